The maximum Gasteiger partial charge on any atom is 0.321 e. The third-order valence-corrected chi connectivity index (χ3v) is 4.20. The summed E-state index contributed by atoms with van der Waals surface area (Å²) in [6.07, 6.45) is 2.86. The van der Waals surface area contributed by atoms with Crippen molar-refractivity contribution >= 4 is 11.9 Å². The lowest BCUT2D eigenvalue weighted by atomic mass is 10.0. The molecule has 2 N–H and O–H groups in total. The van der Waals surface area contributed by atoms with E-state index < -0.39 is 6.03 Å². The van der Waals surface area contributed by atoms with Crippen LogP contribution in [0.3, 0.4) is 0 Å². The van der Waals surface area contributed by atoms with Gasteiger partial charge >= 0.3 is 6.03 Å². The lowest BCUT2D eigenvalue weighted by Crippen LogP contribution is -2.45. The first-order valence-electron chi connectivity index (χ1n) is 8.32. The van der Waals surface area contributed by atoms with Gasteiger partial charge in [-0.05, 0) is 19.4 Å². The Hall–Kier alpha value is -2.74. The number of piperidine rings is 1. The number of rotatable bonds is 4. The number of likely N-dealkylation sites (tertiary alicyclic amines) is 1. The van der Waals surface area contributed by atoms with Crippen molar-refractivity contribution in [3.8, 4) is 11.4 Å². The molecule has 0 saturated carbocycles. The van der Waals surface area contributed by atoms with Crippen LogP contribution in [0.2, 0.25) is 0 Å². The second-order valence-electron chi connectivity index (χ2n) is 5.93. The molecule has 1 aromatic carbocycles. The minimum Gasteiger partial charge on any atom is -0.341 e. The number of urea groups is 1. The molecule has 2 heterocycles. The van der Waals surface area contributed by atoms with Crippen LogP contribution in [-0.2, 0) is 4.79 Å². The summed E-state index contributed by atoms with van der Waals surface area (Å²) in [7, 11) is 1.47. The molecule has 0 bridgehead atoms. The molecule has 1 saturated heterocycles. The lowest BCUT2D eigenvalue weighted by molar-refractivity contribution is -0.122. The summed E-state index contributed by atoms with van der Waals surface area (Å²) in [5, 5.41) is 8.71. The molecule has 1 aliphatic rings. The minimum absolute atomic E-state index is 0.112. The van der Waals surface area contributed by atoms with Crippen LogP contribution < -0.4 is 10.6 Å². The number of carbonyl (C=O) groups is 2. The van der Waals surface area contributed by atoms with Crippen molar-refractivity contribution in [3.63, 3.8) is 0 Å². The fourth-order valence-corrected chi connectivity index (χ4v) is 2.95. The van der Waals surface area contributed by atoms with E-state index in [0.29, 0.717) is 11.7 Å². The van der Waals surface area contributed by atoms with E-state index in [4.69, 9.17) is 4.52 Å². The van der Waals surface area contributed by atoms with Gasteiger partial charge < -0.3 is 9.84 Å². The van der Waals surface area contributed by atoms with Gasteiger partial charge in [-0.25, -0.2) is 4.79 Å². The fourth-order valence-electron chi connectivity index (χ4n) is 2.95. The van der Waals surface area contributed by atoms with E-state index in [1.165, 1.54) is 7.05 Å². The Labute approximate surface area is 145 Å². The number of amides is 3. The highest BCUT2D eigenvalue weighted by Gasteiger charge is 2.30. The first-order valence-corrected chi connectivity index (χ1v) is 8.32. The van der Waals surface area contributed by atoms with Crippen molar-refractivity contribution in [3.05, 3.63) is 36.2 Å². The molecule has 25 heavy (non-hydrogen) atoms. The van der Waals surface area contributed by atoms with E-state index in [-0.39, 0.29) is 18.5 Å². The molecule has 0 spiro atoms. The first-order chi connectivity index (χ1) is 12.2. The van der Waals surface area contributed by atoms with Crippen molar-refractivity contribution in [2.24, 2.45) is 0 Å². The molecular formula is C17H21N5O3. The number of aromatic nitrogens is 2. The fraction of sp³-hybridized carbons (Fsp3) is 0.412. The number of hydrogen-bond donors (Lipinski definition) is 2. The summed E-state index contributed by atoms with van der Waals surface area (Å²) >= 11 is 0. The molecule has 1 aliphatic heterocycles. The van der Waals surface area contributed by atoms with Gasteiger partial charge in [0.05, 0.1) is 12.6 Å². The predicted octanol–water partition coefficient (Wildman–Crippen LogP) is 1.72. The van der Waals surface area contributed by atoms with Gasteiger partial charge in [-0.3, -0.25) is 15.0 Å². The van der Waals surface area contributed by atoms with Gasteiger partial charge in [-0.1, -0.05) is 41.9 Å². The highest BCUT2D eigenvalue weighted by molar-refractivity contribution is 5.95. The van der Waals surface area contributed by atoms with E-state index in [9.17, 15) is 9.59 Å². The standard InChI is InChI=1S/C17H21N5O3/c1-18-17(24)19-14(23)11-22-10-6-5-9-13(22)16-20-15(21-25-16)12-7-3-2-4-8-12/h2-4,7-8,13H,5-6,9-11H2,1H3,(H2,18,19,23,24)/t13-/m0/s1. The van der Waals surface area contributed by atoms with Crippen LogP contribution in [0.25, 0.3) is 11.4 Å². The van der Waals surface area contributed by atoms with E-state index in [1.807, 2.05) is 35.2 Å². The quantitative estimate of drug-likeness (QED) is 0.877. The average Bonchev–Trinajstić information content (AvgIpc) is 3.12. The predicted molar refractivity (Wildman–Crippen MR) is 90.5 cm³/mol. The van der Waals surface area contributed by atoms with Gasteiger partial charge in [0, 0.05) is 12.6 Å². The number of nitrogens with one attached hydrogen (secondary N) is 2. The maximum atomic E-state index is 12.0. The molecule has 0 radical (unpaired) electrons. The number of hydrogen-bond acceptors (Lipinski definition) is 6. The zero-order valence-corrected chi connectivity index (χ0v) is 14.1. The third-order valence-electron chi connectivity index (χ3n) is 4.20. The smallest absolute Gasteiger partial charge is 0.321 e. The summed E-state index contributed by atoms with van der Waals surface area (Å²) in [6.45, 7) is 0.857. The zero-order chi connectivity index (χ0) is 17.6. The van der Waals surface area contributed by atoms with Crippen LogP contribution in [0.4, 0.5) is 4.79 Å². The van der Waals surface area contributed by atoms with Crippen LogP contribution in [0.15, 0.2) is 34.9 Å². The van der Waals surface area contributed by atoms with Crippen molar-refractivity contribution in [1.29, 1.82) is 0 Å². The monoisotopic (exact) mass is 343 g/mol. The molecule has 3 amide bonds. The van der Waals surface area contributed by atoms with Crippen molar-refractivity contribution in [2.75, 3.05) is 20.1 Å². The molecule has 3 rings (SSSR count). The Kier molecular flexibility index (Phi) is 5.39. The lowest BCUT2D eigenvalue weighted by Gasteiger charge is -2.32. The zero-order valence-electron chi connectivity index (χ0n) is 14.1. The Bertz CT molecular complexity index is 731. The van der Waals surface area contributed by atoms with Crippen molar-refractivity contribution < 1.29 is 14.1 Å². The molecular weight excluding hydrogens is 322 g/mol. The average molecular weight is 343 g/mol. The molecule has 1 atom stereocenters. The Morgan fingerprint density at radius 3 is 2.84 bits per heavy atom. The van der Waals surface area contributed by atoms with Gasteiger partial charge in [0.1, 0.15) is 0 Å². The molecule has 0 unspecified atom stereocenters. The summed E-state index contributed by atoms with van der Waals surface area (Å²) < 4.78 is 5.46. The van der Waals surface area contributed by atoms with E-state index in [0.717, 1.165) is 31.4 Å². The van der Waals surface area contributed by atoms with E-state index >= 15 is 0 Å². The number of benzene rings is 1. The van der Waals surface area contributed by atoms with Gasteiger partial charge in [0.15, 0.2) is 0 Å². The van der Waals surface area contributed by atoms with Crippen LogP contribution in [-0.4, -0.2) is 47.1 Å². The Morgan fingerprint density at radius 2 is 2.08 bits per heavy atom. The maximum absolute atomic E-state index is 12.0. The molecule has 132 valence electrons. The molecule has 2 aromatic rings. The normalized spacial score (nSPS) is 17.9. The van der Waals surface area contributed by atoms with Crippen LogP contribution in [0.1, 0.15) is 31.2 Å². The van der Waals surface area contributed by atoms with Gasteiger partial charge in [0.2, 0.25) is 17.6 Å². The van der Waals surface area contributed by atoms with Crippen LogP contribution >= 0.6 is 0 Å². The van der Waals surface area contributed by atoms with Gasteiger partial charge in [-0.2, -0.15) is 4.98 Å². The first kappa shape index (κ1) is 17.1. The Balaban J connectivity index is 1.72. The molecule has 8 heteroatoms. The van der Waals surface area contributed by atoms with Crippen molar-refractivity contribution in [2.45, 2.75) is 25.3 Å². The molecule has 1 fully saturated rings. The SMILES string of the molecule is CNC(=O)NC(=O)CN1CCCC[C@H]1c1nc(-c2ccccc2)no1. The van der Waals surface area contributed by atoms with Gasteiger partial charge in [-0.15, -0.1) is 0 Å². The molecule has 8 nitrogen and oxygen atoms in total. The van der Waals surface area contributed by atoms with Gasteiger partial charge in [0.25, 0.3) is 0 Å². The third kappa shape index (κ3) is 4.21. The largest absolute Gasteiger partial charge is 0.341 e. The summed E-state index contributed by atoms with van der Waals surface area (Å²) in [6, 6.07) is 8.98. The second-order valence-corrected chi connectivity index (χ2v) is 5.93. The molecule has 0 aliphatic carbocycles. The summed E-state index contributed by atoms with van der Waals surface area (Å²) in [5.74, 6) is 0.691. The summed E-state index contributed by atoms with van der Waals surface area (Å²) in [4.78, 5) is 29.8. The number of nitrogens with zero attached hydrogens (tertiary/aromatic N) is 3. The minimum atomic E-state index is -0.511. The van der Waals surface area contributed by atoms with Crippen LogP contribution in [0, 0.1) is 0 Å². The number of carbonyl (C=O) groups excluding carboxylic acids is 2. The summed E-state index contributed by atoms with van der Waals surface area (Å²) in [5.41, 5.74) is 0.886. The topological polar surface area (TPSA) is 100 Å². The van der Waals surface area contributed by atoms with Crippen molar-refractivity contribution in [1.82, 2.24) is 25.7 Å². The van der Waals surface area contributed by atoms with E-state index in [2.05, 4.69) is 20.8 Å². The van der Waals surface area contributed by atoms with Crippen LogP contribution in [0.5, 0.6) is 0 Å². The van der Waals surface area contributed by atoms with E-state index in [1.54, 1.807) is 0 Å². The Morgan fingerprint density at radius 1 is 1.28 bits per heavy atom. The number of imide groups is 1. The molecule has 1 aromatic heterocycles. The highest BCUT2D eigenvalue weighted by Crippen LogP contribution is 2.30. The second kappa shape index (κ2) is 7.89. The highest BCUT2D eigenvalue weighted by atomic mass is 16.5.